The smallest absolute Gasteiger partial charge is 0.0224 e. The predicted molar refractivity (Wildman–Crippen MR) is 81.4 cm³/mol. The van der Waals surface area contributed by atoms with Crippen molar-refractivity contribution in [1.29, 1.82) is 0 Å². The van der Waals surface area contributed by atoms with E-state index in [2.05, 4.69) is 30.6 Å². The zero-order valence-electron chi connectivity index (χ0n) is 13.2. The minimum atomic E-state index is 0.576. The second-order valence-electron chi connectivity index (χ2n) is 8.10. The normalized spacial score (nSPS) is 40.9. The third-order valence-electron chi connectivity index (χ3n) is 5.88. The summed E-state index contributed by atoms with van der Waals surface area (Å²) in [4.78, 5) is 5.66. The first-order chi connectivity index (χ1) is 9.05. The Bertz CT molecular complexity index is 312. The fraction of sp³-hybridized carbons (Fsp3) is 1.00. The molecule has 0 bridgehead atoms. The van der Waals surface area contributed by atoms with E-state index in [-0.39, 0.29) is 0 Å². The van der Waals surface area contributed by atoms with Crippen LogP contribution in [0.15, 0.2) is 0 Å². The summed E-state index contributed by atoms with van der Waals surface area (Å²) >= 11 is 0. The Morgan fingerprint density at radius 3 is 2.53 bits per heavy atom. The van der Waals surface area contributed by atoms with Crippen molar-refractivity contribution >= 4 is 0 Å². The quantitative estimate of drug-likeness (QED) is 0.715. The first kappa shape index (κ1) is 13.9. The Hall–Kier alpha value is -0.0800. The average molecular weight is 264 g/mol. The Morgan fingerprint density at radius 1 is 0.947 bits per heavy atom. The van der Waals surface area contributed by atoms with E-state index in [1.54, 1.807) is 0 Å². The van der Waals surface area contributed by atoms with E-state index >= 15 is 0 Å². The van der Waals surface area contributed by atoms with Gasteiger partial charge in [0.2, 0.25) is 0 Å². The Labute approximate surface area is 119 Å². The molecule has 19 heavy (non-hydrogen) atoms. The maximum atomic E-state index is 2.88. The molecule has 110 valence electrons. The van der Waals surface area contributed by atoms with Gasteiger partial charge in [-0.05, 0) is 51.0 Å². The van der Waals surface area contributed by atoms with Gasteiger partial charge in [0, 0.05) is 31.2 Å². The Kier molecular flexibility index (Phi) is 3.92. The van der Waals surface area contributed by atoms with Crippen LogP contribution in [-0.4, -0.2) is 47.6 Å². The zero-order chi connectivity index (χ0) is 13.5. The van der Waals surface area contributed by atoms with Gasteiger partial charge in [-0.15, -0.1) is 0 Å². The standard InChI is InChI=1S/C17H32N2/c1-14-12-18-10-5-4-7-16(18)13-19(14)15-8-6-9-17(2,3)11-15/h14-16H,4-13H2,1-3H3. The number of rotatable bonds is 1. The van der Waals surface area contributed by atoms with Crippen LogP contribution in [0.25, 0.3) is 0 Å². The summed E-state index contributed by atoms with van der Waals surface area (Å²) in [5.74, 6) is 0. The number of fused-ring (bicyclic) bond motifs is 1. The van der Waals surface area contributed by atoms with Gasteiger partial charge >= 0.3 is 0 Å². The molecule has 0 spiro atoms. The predicted octanol–water partition coefficient (Wildman–Crippen LogP) is 3.51. The average Bonchev–Trinajstić information content (AvgIpc) is 2.36. The summed E-state index contributed by atoms with van der Waals surface area (Å²) in [6.07, 6.45) is 10.1. The second kappa shape index (κ2) is 5.37. The third kappa shape index (κ3) is 3.00. The lowest BCUT2D eigenvalue weighted by molar-refractivity contribution is -0.0285. The molecule has 1 aliphatic carbocycles. The van der Waals surface area contributed by atoms with Gasteiger partial charge in [-0.2, -0.15) is 0 Å². The van der Waals surface area contributed by atoms with Gasteiger partial charge in [-0.1, -0.05) is 26.7 Å². The topological polar surface area (TPSA) is 6.48 Å². The molecular weight excluding hydrogens is 232 g/mol. The van der Waals surface area contributed by atoms with Crippen LogP contribution in [0.3, 0.4) is 0 Å². The summed E-state index contributed by atoms with van der Waals surface area (Å²) in [5.41, 5.74) is 0.576. The van der Waals surface area contributed by atoms with Crippen molar-refractivity contribution < 1.29 is 0 Å². The molecule has 2 nitrogen and oxygen atoms in total. The Morgan fingerprint density at radius 2 is 1.74 bits per heavy atom. The molecule has 3 rings (SSSR count). The van der Waals surface area contributed by atoms with Gasteiger partial charge in [-0.3, -0.25) is 9.80 Å². The van der Waals surface area contributed by atoms with E-state index < -0.39 is 0 Å². The van der Waals surface area contributed by atoms with Crippen LogP contribution in [0.4, 0.5) is 0 Å². The molecule has 3 fully saturated rings. The molecule has 2 saturated heterocycles. The SMILES string of the molecule is CC1CN2CCCCC2CN1C1CCCC(C)(C)C1. The van der Waals surface area contributed by atoms with Gasteiger partial charge in [0.25, 0.3) is 0 Å². The molecular formula is C17H32N2. The molecule has 0 amide bonds. The molecule has 3 atom stereocenters. The van der Waals surface area contributed by atoms with Crippen molar-refractivity contribution in [3.05, 3.63) is 0 Å². The van der Waals surface area contributed by atoms with Crippen LogP contribution in [0.5, 0.6) is 0 Å². The van der Waals surface area contributed by atoms with Gasteiger partial charge in [-0.25, -0.2) is 0 Å². The molecule has 3 unspecified atom stereocenters. The van der Waals surface area contributed by atoms with Crippen LogP contribution in [0.1, 0.15) is 65.7 Å². The van der Waals surface area contributed by atoms with Gasteiger partial charge < -0.3 is 0 Å². The number of hydrogen-bond donors (Lipinski definition) is 0. The van der Waals surface area contributed by atoms with Gasteiger partial charge in [0.15, 0.2) is 0 Å². The van der Waals surface area contributed by atoms with Crippen molar-refractivity contribution in [3.63, 3.8) is 0 Å². The maximum Gasteiger partial charge on any atom is 0.0224 e. The summed E-state index contributed by atoms with van der Waals surface area (Å²) in [7, 11) is 0. The minimum absolute atomic E-state index is 0.576. The number of piperazine rings is 1. The van der Waals surface area contributed by atoms with Crippen molar-refractivity contribution in [2.24, 2.45) is 5.41 Å². The molecule has 0 N–H and O–H groups in total. The second-order valence-corrected chi connectivity index (χ2v) is 8.10. The maximum absolute atomic E-state index is 2.88. The zero-order valence-corrected chi connectivity index (χ0v) is 13.2. The van der Waals surface area contributed by atoms with E-state index in [9.17, 15) is 0 Å². The largest absolute Gasteiger partial charge is 0.298 e. The van der Waals surface area contributed by atoms with Crippen LogP contribution in [0.2, 0.25) is 0 Å². The first-order valence-electron chi connectivity index (χ1n) is 8.55. The Balaban J connectivity index is 1.66. The summed E-state index contributed by atoms with van der Waals surface area (Å²) in [5, 5.41) is 0. The summed E-state index contributed by atoms with van der Waals surface area (Å²) in [6.45, 7) is 11.4. The van der Waals surface area contributed by atoms with Crippen molar-refractivity contribution in [2.45, 2.75) is 83.8 Å². The molecule has 2 heteroatoms. The lowest BCUT2D eigenvalue weighted by Gasteiger charge is -2.52. The number of piperidine rings is 1. The van der Waals surface area contributed by atoms with Crippen molar-refractivity contribution in [3.8, 4) is 0 Å². The highest BCUT2D eigenvalue weighted by Gasteiger charge is 2.39. The molecule has 2 aliphatic heterocycles. The van der Waals surface area contributed by atoms with E-state index in [0.29, 0.717) is 5.41 Å². The molecule has 0 radical (unpaired) electrons. The van der Waals surface area contributed by atoms with Gasteiger partial charge in [0.05, 0.1) is 0 Å². The molecule has 3 aliphatic rings. The van der Waals surface area contributed by atoms with Crippen LogP contribution >= 0.6 is 0 Å². The lowest BCUT2D eigenvalue weighted by atomic mass is 9.74. The third-order valence-corrected chi connectivity index (χ3v) is 5.88. The lowest BCUT2D eigenvalue weighted by Crippen LogP contribution is -2.61. The van der Waals surface area contributed by atoms with E-state index in [0.717, 1.165) is 18.1 Å². The van der Waals surface area contributed by atoms with E-state index in [4.69, 9.17) is 0 Å². The number of nitrogens with zero attached hydrogens (tertiary/aromatic N) is 2. The molecule has 1 saturated carbocycles. The van der Waals surface area contributed by atoms with Crippen LogP contribution < -0.4 is 0 Å². The highest BCUT2D eigenvalue weighted by atomic mass is 15.3. The fourth-order valence-corrected chi connectivity index (χ4v) is 4.82. The highest BCUT2D eigenvalue weighted by Crippen LogP contribution is 2.39. The fourth-order valence-electron chi connectivity index (χ4n) is 4.82. The van der Waals surface area contributed by atoms with Crippen LogP contribution in [-0.2, 0) is 0 Å². The highest BCUT2D eigenvalue weighted by molar-refractivity contribution is 4.94. The monoisotopic (exact) mass is 264 g/mol. The minimum Gasteiger partial charge on any atom is -0.298 e. The molecule has 0 aromatic heterocycles. The summed E-state index contributed by atoms with van der Waals surface area (Å²) in [6, 6.07) is 2.51. The van der Waals surface area contributed by atoms with E-state index in [1.165, 1.54) is 64.6 Å². The molecule has 2 heterocycles. The van der Waals surface area contributed by atoms with E-state index in [1.807, 2.05) is 0 Å². The molecule has 0 aromatic rings. The number of hydrogen-bond acceptors (Lipinski definition) is 2. The molecule has 0 aromatic carbocycles. The van der Waals surface area contributed by atoms with Crippen molar-refractivity contribution in [2.75, 3.05) is 19.6 Å². The van der Waals surface area contributed by atoms with Crippen LogP contribution in [0, 0.1) is 5.41 Å². The first-order valence-corrected chi connectivity index (χ1v) is 8.55. The van der Waals surface area contributed by atoms with Gasteiger partial charge in [0.1, 0.15) is 0 Å². The summed E-state index contributed by atoms with van der Waals surface area (Å²) < 4.78 is 0. The van der Waals surface area contributed by atoms with Crippen molar-refractivity contribution in [1.82, 2.24) is 9.80 Å².